The number of fused-ring (bicyclic) bond motifs is 1. The first-order valence-corrected chi connectivity index (χ1v) is 5.73. The molecule has 7 nitrogen and oxygen atoms in total. The summed E-state index contributed by atoms with van der Waals surface area (Å²) in [5.74, 6) is -1.76. The van der Waals surface area contributed by atoms with Gasteiger partial charge in [-0.1, -0.05) is 0 Å². The van der Waals surface area contributed by atoms with E-state index in [0.717, 1.165) is 15.9 Å². The van der Waals surface area contributed by atoms with E-state index >= 15 is 0 Å². The van der Waals surface area contributed by atoms with Gasteiger partial charge in [-0.15, -0.1) is 11.3 Å². The monoisotopic (exact) mass is 267 g/mol. The predicted octanol–water partition coefficient (Wildman–Crippen LogP) is -0.0501. The van der Waals surface area contributed by atoms with Crippen LogP contribution in [0, 0.1) is 6.92 Å². The zero-order valence-electron chi connectivity index (χ0n) is 9.34. The Balaban J connectivity index is 2.74. The van der Waals surface area contributed by atoms with Gasteiger partial charge in [0.1, 0.15) is 16.3 Å². The minimum absolute atomic E-state index is 0.0754. The summed E-state index contributed by atoms with van der Waals surface area (Å²) in [6.45, 7) is 1.26. The molecule has 2 heterocycles. The first-order chi connectivity index (χ1) is 8.41. The SMILES string of the molecule is Cc1c(C(=O)O)sc2ncn(CC(N)=O)c(=O)c12. The van der Waals surface area contributed by atoms with Crippen molar-refractivity contribution in [3.05, 3.63) is 27.1 Å². The fourth-order valence-electron chi connectivity index (χ4n) is 1.64. The van der Waals surface area contributed by atoms with Crippen LogP contribution >= 0.6 is 11.3 Å². The first kappa shape index (κ1) is 12.2. The zero-order chi connectivity index (χ0) is 13.4. The van der Waals surface area contributed by atoms with Gasteiger partial charge in [-0.2, -0.15) is 0 Å². The summed E-state index contributed by atoms with van der Waals surface area (Å²) < 4.78 is 1.07. The van der Waals surface area contributed by atoms with Crippen LogP contribution in [0.2, 0.25) is 0 Å². The molecule has 0 fully saturated rings. The van der Waals surface area contributed by atoms with E-state index in [4.69, 9.17) is 10.8 Å². The van der Waals surface area contributed by atoms with Crippen molar-refractivity contribution in [1.82, 2.24) is 9.55 Å². The molecule has 8 heteroatoms. The fourth-order valence-corrected chi connectivity index (χ4v) is 2.62. The van der Waals surface area contributed by atoms with Gasteiger partial charge in [0.25, 0.3) is 5.56 Å². The predicted molar refractivity (Wildman–Crippen MR) is 64.8 cm³/mol. The number of carbonyl (C=O) groups excluding carboxylic acids is 1. The summed E-state index contributed by atoms with van der Waals surface area (Å²) in [6.07, 6.45) is 1.19. The molecule has 0 saturated carbocycles. The van der Waals surface area contributed by atoms with E-state index in [1.165, 1.54) is 6.33 Å². The Morgan fingerprint density at radius 3 is 2.78 bits per heavy atom. The molecule has 2 aromatic heterocycles. The standard InChI is InChI=1S/C10H9N3O4S/c1-4-6-8(18-7(4)10(16)17)12-3-13(9(6)15)2-5(11)14/h3H,2H2,1H3,(H2,11,14)(H,16,17). The topological polar surface area (TPSA) is 115 Å². The lowest BCUT2D eigenvalue weighted by Gasteiger charge is -2.01. The number of nitrogens with two attached hydrogens (primary N) is 1. The zero-order valence-corrected chi connectivity index (χ0v) is 10.2. The van der Waals surface area contributed by atoms with Crippen LogP contribution in [0.5, 0.6) is 0 Å². The van der Waals surface area contributed by atoms with E-state index in [1.807, 2.05) is 0 Å². The highest BCUT2D eigenvalue weighted by Gasteiger charge is 2.18. The molecule has 0 aliphatic heterocycles. The Labute approximate surface area is 104 Å². The Kier molecular flexibility index (Phi) is 2.87. The average Bonchev–Trinajstić information content (AvgIpc) is 2.60. The maximum Gasteiger partial charge on any atom is 0.346 e. The first-order valence-electron chi connectivity index (χ1n) is 4.92. The number of primary amides is 1. The molecule has 0 bridgehead atoms. The number of thiophene rings is 1. The Hall–Kier alpha value is -2.22. The molecule has 1 amide bonds. The van der Waals surface area contributed by atoms with Crippen LogP contribution < -0.4 is 11.3 Å². The van der Waals surface area contributed by atoms with Crippen molar-refractivity contribution < 1.29 is 14.7 Å². The molecular weight excluding hydrogens is 258 g/mol. The van der Waals surface area contributed by atoms with Crippen LogP contribution in [-0.2, 0) is 11.3 Å². The summed E-state index contributed by atoms with van der Waals surface area (Å²) in [5.41, 5.74) is 4.91. The maximum atomic E-state index is 12.0. The molecule has 0 aromatic carbocycles. The Morgan fingerprint density at radius 1 is 1.56 bits per heavy atom. The molecule has 0 saturated heterocycles. The number of hydrogen-bond donors (Lipinski definition) is 2. The third kappa shape index (κ3) is 1.86. The fraction of sp³-hybridized carbons (Fsp3) is 0.200. The minimum atomic E-state index is -1.10. The number of rotatable bonds is 3. The number of hydrogen-bond acceptors (Lipinski definition) is 5. The van der Waals surface area contributed by atoms with E-state index in [1.54, 1.807) is 6.92 Å². The van der Waals surface area contributed by atoms with Crippen LogP contribution in [0.25, 0.3) is 10.2 Å². The molecule has 18 heavy (non-hydrogen) atoms. The number of amides is 1. The van der Waals surface area contributed by atoms with Crippen molar-refractivity contribution in [2.45, 2.75) is 13.5 Å². The molecule has 0 radical (unpaired) electrons. The summed E-state index contributed by atoms with van der Waals surface area (Å²) in [7, 11) is 0. The molecular formula is C10H9N3O4S. The van der Waals surface area contributed by atoms with Gasteiger partial charge >= 0.3 is 5.97 Å². The number of aromatic carboxylic acids is 1. The molecule has 2 aromatic rings. The van der Waals surface area contributed by atoms with Gasteiger partial charge in [0.15, 0.2) is 0 Å². The number of aryl methyl sites for hydroxylation is 1. The number of nitrogens with zero attached hydrogens (tertiary/aromatic N) is 2. The average molecular weight is 267 g/mol. The van der Waals surface area contributed by atoms with Gasteiger partial charge in [-0.05, 0) is 12.5 Å². The molecule has 0 atom stereocenters. The van der Waals surface area contributed by atoms with Crippen molar-refractivity contribution in [3.63, 3.8) is 0 Å². The van der Waals surface area contributed by atoms with Gasteiger partial charge in [0.05, 0.1) is 11.7 Å². The van der Waals surface area contributed by atoms with Crippen molar-refractivity contribution >= 4 is 33.4 Å². The van der Waals surface area contributed by atoms with Crippen LogP contribution in [0.1, 0.15) is 15.2 Å². The molecule has 2 rings (SSSR count). The van der Waals surface area contributed by atoms with Gasteiger partial charge in [-0.3, -0.25) is 14.2 Å². The second-order valence-electron chi connectivity index (χ2n) is 3.69. The molecule has 0 unspecified atom stereocenters. The van der Waals surface area contributed by atoms with E-state index in [2.05, 4.69) is 4.98 Å². The third-order valence-corrected chi connectivity index (χ3v) is 3.63. The van der Waals surface area contributed by atoms with Crippen LogP contribution in [0.3, 0.4) is 0 Å². The van der Waals surface area contributed by atoms with E-state index in [9.17, 15) is 14.4 Å². The van der Waals surface area contributed by atoms with Crippen molar-refractivity contribution in [2.24, 2.45) is 5.73 Å². The van der Waals surface area contributed by atoms with Crippen molar-refractivity contribution in [1.29, 1.82) is 0 Å². The number of carboxylic acid groups (broad SMARTS) is 1. The highest BCUT2D eigenvalue weighted by Crippen LogP contribution is 2.26. The van der Waals surface area contributed by atoms with Crippen LogP contribution in [-0.4, -0.2) is 26.5 Å². The van der Waals surface area contributed by atoms with Gasteiger partial charge in [0, 0.05) is 0 Å². The molecule has 3 N–H and O–H groups in total. The number of aromatic nitrogens is 2. The Bertz CT molecular complexity index is 716. The van der Waals surface area contributed by atoms with Gasteiger partial charge < -0.3 is 10.8 Å². The van der Waals surface area contributed by atoms with Crippen LogP contribution in [0.4, 0.5) is 0 Å². The highest BCUT2D eigenvalue weighted by molar-refractivity contribution is 7.20. The minimum Gasteiger partial charge on any atom is -0.477 e. The molecule has 0 aliphatic carbocycles. The lowest BCUT2D eigenvalue weighted by atomic mass is 10.2. The second-order valence-corrected chi connectivity index (χ2v) is 4.68. The summed E-state index contributed by atoms with van der Waals surface area (Å²) in [5, 5.41) is 9.20. The number of carboxylic acids is 1. The van der Waals surface area contributed by atoms with Gasteiger partial charge in [0.2, 0.25) is 5.91 Å². The quantitative estimate of drug-likeness (QED) is 0.809. The smallest absolute Gasteiger partial charge is 0.346 e. The van der Waals surface area contributed by atoms with E-state index < -0.39 is 17.4 Å². The van der Waals surface area contributed by atoms with Crippen molar-refractivity contribution in [2.75, 3.05) is 0 Å². The summed E-state index contributed by atoms with van der Waals surface area (Å²) in [4.78, 5) is 38.2. The van der Waals surface area contributed by atoms with Crippen molar-refractivity contribution in [3.8, 4) is 0 Å². The third-order valence-electron chi connectivity index (χ3n) is 2.44. The van der Waals surface area contributed by atoms with Crippen LogP contribution in [0.15, 0.2) is 11.1 Å². The number of carbonyl (C=O) groups is 2. The maximum absolute atomic E-state index is 12.0. The summed E-state index contributed by atoms with van der Waals surface area (Å²) >= 11 is 0.934. The lowest BCUT2D eigenvalue weighted by molar-refractivity contribution is -0.118. The molecule has 0 aliphatic rings. The van der Waals surface area contributed by atoms with E-state index in [-0.39, 0.29) is 16.8 Å². The van der Waals surface area contributed by atoms with E-state index in [0.29, 0.717) is 10.4 Å². The second kappa shape index (κ2) is 4.22. The Morgan fingerprint density at radius 2 is 2.22 bits per heavy atom. The van der Waals surface area contributed by atoms with Gasteiger partial charge in [-0.25, -0.2) is 9.78 Å². The normalized spacial score (nSPS) is 10.7. The summed E-state index contributed by atoms with van der Waals surface area (Å²) in [6, 6.07) is 0. The lowest BCUT2D eigenvalue weighted by Crippen LogP contribution is -2.28. The molecule has 94 valence electrons. The molecule has 0 spiro atoms. The highest BCUT2D eigenvalue weighted by atomic mass is 32.1. The largest absolute Gasteiger partial charge is 0.477 e.